The average molecular weight is 565 g/mol. The molecule has 0 amide bonds. The highest BCUT2D eigenvalue weighted by Gasteiger charge is 2.26. The first-order valence-electron chi connectivity index (χ1n) is 15.1. The number of rotatable bonds is 8. The van der Waals surface area contributed by atoms with Crippen molar-refractivity contribution in [2.75, 3.05) is 0 Å². The summed E-state index contributed by atoms with van der Waals surface area (Å²) in [6, 6.07) is 60.3. The van der Waals surface area contributed by atoms with Gasteiger partial charge < -0.3 is 0 Å². The van der Waals surface area contributed by atoms with Crippen LogP contribution in [0.2, 0.25) is 0 Å². The lowest BCUT2D eigenvalue weighted by Gasteiger charge is -2.27. The van der Waals surface area contributed by atoms with Crippen LogP contribution in [0.4, 0.5) is 5.69 Å². The first-order valence-corrected chi connectivity index (χ1v) is 15.1. The molecule has 0 bridgehead atoms. The molecule has 1 heterocycles. The Kier molecular flexibility index (Phi) is 7.88. The second-order valence-corrected chi connectivity index (χ2v) is 11.0. The summed E-state index contributed by atoms with van der Waals surface area (Å²) in [4.78, 5) is 9.78. The Balaban J connectivity index is 1.57. The van der Waals surface area contributed by atoms with Gasteiger partial charge in [0.2, 0.25) is 0 Å². The van der Waals surface area contributed by atoms with Crippen molar-refractivity contribution >= 4 is 22.7 Å². The Morgan fingerprint density at radius 3 is 1.34 bits per heavy atom. The maximum atomic E-state index is 5.23. The molecule has 0 saturated carbocycles. The Hall–Kier alpha value is -5.60. The molecule has 0 N–H and O–H groups in total. The van der Waals surface area contributed by atoms with Crippen molar-refractivity contribution in [3.05, 3.63) is 215 Å². The summed E-state index contributed by atoms with van der Waals surface area (Å²) >= 11 is 0. The molecule has 0 radical (unpaired) electrons. The topological polar surface area (TPSA) is 25.2 Å². The SMILES string of the molecule is C(=Nc1c(C(c2ccccc2)c2ccccc2)cc(C(c2ccccc2)c2ccccc2)c2ccccc12)c1ccccn1. The summed E-state index contributed by atoms with van der Waals surface area (Å²) in [6.45, 7) is 0. The van der Waals surface area contributed by atoms with E-state index in [2.05, 4.69) is 157 Å². The zero-order valence-electron chi connectivity index (χ0n) is 24.4. The monoisotopic (exact) mass is 564 g/mol. The summed E-state index contributed by atoms with van der Waals surface area (Å²) in [5, 5.41) is 2.32. The summed E-state index contributed by atoms with van der Waals surface area (Å²) in [5.41, 5.74) is 9.20. The zero-order chi connectivity index (χ0) is 29.6. The molecule has 0 aliphatic heterocycles. The van der Waals surface area contributed by atoms with Crippen LogP contribution in [0.3, 0.4) is 0 Å². The normalized spacial score (nSPS) is 11.5. The third kappa shape index (κ3) is 5.58. The van der Waals surface area contributed by atoms with E-state index in [4.69, 9.17) is 4.99 Å². The number of nitrogens with zero attached hydrogens (tertiary/aromatic N) is 2. The van der Waals surface area contributed by atoms with Gasteiger partial charge in [0.25, 0.3) is 0 Å². The lowest BCUT2D eigenvalue weighted by atomic mass is 9.77. The molecule has 44 heavy (non-hydrogen) atoms. The van der Waals surface area contributed by atoms with E-state index in [9.17, 15) is 0 Å². The van der Waals surface area contributed by atoms with E-state index in [0.717, 1.165) is 16.8 Å². The van der Waals surface area contributed by atoms with E-state index in [1.54, 1.807) is 0 Å². The highest BCUT2D eigenvalue weighted by molar-refractivity contribution is 6.00. The fourth-order valence-corrected chi connectivity index (χ4v) is 6.28. The molecule has 0 aliphatic carbocycles. The fourth-order valence-electron chi connectivity index (χ4n) is 6.28. The van der Waals surface area contributed by atoms with E-state index >= 15 is 0 Å². The molecule has 7 aromatic rings. The third-order valence-electron chi connectivity index (χ3n) is 8.24. The van der Waals surface area contributed by atoms with Crippen molar-refractivity contribution < 1.29 is 0 Å². The number of hydrogen-bond donors (Lipinski definition) is 0. The lowest BCUT2D eigenvalue weighted by Crippen LogP contribution is -2.09. The molecule has 0 unspecified atom stereocenters. The Morgan fingerprint density at radius 2 is 0.864 bits per heavy atom. The minimum atomic E-state index is -0.0242. The summed E-state index contributed by atoms with van der Waals surface area (Å²) in [6.07, 6.45) is 3.70. The Bertz CT molecular complexity index is 1910. The molecule has 210 valence electrons. The van der Waals surface area contributed by atoms with Gasteiger partial charge >= 0.3 is 0 Å². The van der Waals surface area contributed by atoms with Crippen molar-refractivity contribution in [2.24, 2.45) is 4.99 Å². The van der Waals surface area contributed by atoms with Gasteiger partial charge in [-0.1, -0.05) is 158 Å². The van der Waals surface area contributed by atoms with Gasteiger partial charge in [-0.15, -0.1) is 0 Å². The molecule has 0 atom stereocenters. The smallest absolute Gasteiger partial charge is 0.0812 e. The van der Waals surface area contributed by atoms with Crippen LogP contribution in [0.5, 0.6) is 0 Å². The fraction of sp³-hybridized carbons (Fsp3) is 0.0476. The second-order valence-electron chi connectivity index (χ2n) is 11.0. The van der Waals surface area contributed by atoms with Crippen molar-refractivity contribution in [2.45, 2.75) is 11.8 Å². The van der Waals surface area contributed by atoms with Crippen molar-refractivity contribution in [3.8, 4) is 0 Å². The van der Waals surface area contributed by atoms with Crippen molar-refractivity contribution in [1.82, 2.24) is 4.98 Å². The Morgan fingerprint density at radius 1 is 0.432 bits per heavy atom. The van der Waals surface area contributed by atoms with E-state index < -0.39 is 0 Å². The highest BCUT2D eigenvalue weighted by atomic mass is 14.8. The minimum absolute atomic E-state index is 0.0242. The third-order valence-corrected chi connectivity index (χ3v) is 8.24. The molecule has 2 heteroatoms. The molecular weight excluding hydrogens is 532 g/mol. The van der Waals surface area contributed by atoms with Crippen LogP contribution in [-0.4, -0.2) is 11.2 Å². The van der Waals surface area contributed by atoms with E-state index in [0.29, 0.717) is 0 Å². The first kappa shape index (κ1) is 27.2. The van der Waals surface area contributed by atoms with Crippen LogP contribution >= 0.6 is 0 Å². The van der Waals surface area contributed by atoms with Crippen LogP contribution in [-0.2, 0) is 0 Å². The van der Waals surface area contributed by atoms with Crippen LogP contribution in [0.25, 0.3) is 10.8 Å². The molecule has 0 spiro atoms. The molecular formula is C42H32N2. The Labute approximate surface area is 259 Å². The first-order chi connectivity index (χ1) is 21.9. The molecule has 0 aliphatic rings. The molecule has 1 aromatic heterocycles. The minimum Gasteiger partial charge on any atom is -0.255 e. The molecule has 7 rings (SSSR count). The van der Waals surface area contributed by atoms with Gasteiger partial charge in [-0.3, -0.25) is 9.98 Å². The van der Waals surface area contributed by atoms with Crippen LogP contribution in [0.15, 0.2) is 181 Å². The number of benzene rings is 6. The van der Waals surface area contributed by atoms with Crippen molar-refractivity contribution in [3.63, 3.8) is 0 Å². The van der Waals surface area contributed by atoms with Gasteiger partial charge in [0.15, 0.2) is 0 Å². The number of hydrogen-bond acceptors (Lipinski definition) is 2. The lowest BCUT2D eigenvalue weighted by molar-refractivity contribution is 0.949. The van der Waals surface area contributed by atoms with Crippen LogP contribution < -0.4 is 0 Å². The second kappa shape index (κ2) is 12.7. The van der Waals surface area contributed by atoms with Crippen LogP contribution in [0.1, 0.15) is 50.9 Å². The van der Waals surface area contributed by atoms with Gasteiger partial charge in [0.05, 0.1) is 17.6 Å². The average Bonchev–Trinajstić information content (AvgIpc) is 3.10. The van der Waals surface area contributed by atoms with E-state index in [1.807, 2.05) is 30.6 Å². The van der Waals surface area contributed by atoms with Crippen LogP contribution in [0, 0.1) is 0 Å². The highest BCUT2D eigenvalue weighted by Crippen LogP contribution is 2.46. The van der Waals surface area contributed by atoms with Gasteiger partial charge in [-0.05, 0) is 50.9 Å². The largest absolute Gasteiger partial charge is 0.255 e. The quantitative estimate of drug-likeness (QED) is 0.133. The van der Waals surface area contributed by atoms with Gasteiger partial charge in [-0.2, -0.15) is 0 Å². The zero-order valence-corrected chi connectivity index (χ0v) is 24.4. The summed E-state index contributed by atoms with van der Waals surface area (Å²) < 4.78 is 0. The molecule has 0 fully saturated rings. The van der Waals surface area contributed by atoms with Gasteiger partial charge in [-0.25, -0.2) is 0 Å². The van der Waals surface area contributed by atoms with Gasteiger partial charge in [0.1, 0.15) is 0 Å². The number of fused-ring (bicyclic) bond motifs is 1. The molecule has 6 aromatic carbocycles. The predicted molar refractivity (Wildman–Crippen MR) is 183 cm³/mol. The molecule has 0 saturated heterocycles. The van der Waals surface area contributed by atoms with E-state index in [-0.39, 0.29) is 11.8 Å². The van der Waals surface area contributed by atoms with Crippen molar-refractivity contribution in [1.29, 1.82) is 0 Å². The predicted octanol–water partition coefficient (Wildman–Crippen LogP) is 10.3. The maximum absolute atomic E-state index is 5.23. The standard InChI is InChI=1S/C42H32N2/c1-5-17-31(18-6-1)40(32-19-7-2-8-20-32)38-29-39(41(33-21-9-3-10-22-33)34-23-11-4-12-24-34)42(37-27-14-13-26-36(37)38)44-30-35-25-15-16-28-43-35/h1-30,40-41H. The number of pyridine rings is 1. The maximum Gasteiger partial charge on any atom is 0.0812 e. The number of aliphatic imine (C=N–C) groups is 1. The van der Waals surface area contributed by atoms with E-state index in [1.165, 1.54) is 38.8 Å². The molecule has 2 nitrogen and oxygen atoms in total. The van der Waals surface area contributed by atoms with Gasteiger partial charge in [0, 0.05) is 23.4 Å². The summed E-state index contributed by atoms with van der Waals surface area (Å²) in [5.74, 6) is 0.0194. The summed E-state index contributed by atoms with van der Waals surface area (Å²) in [7, 11) is 0. The number of aromatic nitrogens is 1.